The maximum Gasteiger partial charge on any atom is 0.287 e. The smallest absolute Gasteiger partial charge is 0.287 e. The van der Waals surface area contributed by atoms with Crippen molar-refractivity contribution in [3.05, 3.63) is 94.1 Å². The molecule has 0 radical (unpaired) electrons. The summed E-state index contributed by atoms with van der Waals surface area (Å²) in [6.07, 6.45) is 1.45. The number of carbonyl (C=O) groups is 1. The van der Waals surface area contributed by atoms with E-state index in [1.54, 1.807) is 30.3 Å². The summed E-state index contributed by atoms with van der Waals surface area (Å²) in [6, 6.07) is 18.5. The molecule has 2 heterocycles. The lowest BCUT2D eigenvalue weighted by molar-refractivity contribution is 0.0922. The molecule has 0 unspecified atom stereocenters. The predicted octanol–water partition coefficient (Wildman–Crippen LogP) is 5.39. The van der Waals surface area contributed by atoms with E-state index in [-0.39, 0.29) is 18.2 Å². The Labute approximate surface area is 187 Å². The van der Waals surface area contributed by atoms with Crippen molar-refractivity contribution in [2.75, 3.05) is 0 Å². The highest BCUT2D eigenvalue weighted by molar-refractivity contribution is 7.98. The fourth-order valence-electron chi connectivity index (χ4n) is 2.78. The number of rotatable bonds is 7. The molecular weight excluding hydrogens is 443 g/mol. The summed E-state index contributed by atoms with van der Waals surface area (Å²) in [5, 5.41) is 13.1. The van der Waals surface area contributed by atoms with Crippen LogP contribution in [0.25, 0.3) is 5.69 Å². The lowest BCUT2D eigenvalue weighted by Crippen LogP contribution is -2.24. The fraction of sp³-hybridized carbons (Fsp3) is 0.0952. The zero-order chi connectivity index (χ0) is 20.9. The minimum Gasteiger partial charge on any atom is -0.459 e. The molecule has 152 valence electrons. The molecule has 1 N–H and O–H groups in total. The van der Waals surface area contributed by atoms with Crippen LogP contribution in [0.4, 0.5) is 0 Å². The third-order valence-corrected chi connectivity index (χ3v) is 5.77. The van der Waals surface area contributed by atoms with Crippen molar-refractivity contribution >= 4 is 40.9 Å². The number of nitrogens with zero attached hydrogens (tertiary/aromatic N) is 3. The third kappa shape index (κ3) is 4.70. The molecule has 0 fully saturated rings. The summed E-state index contributed by atoms with van der Waals surface area (Å²) in [5.74, 6) is 1.11. The lowest BCUT2D eigenvalue weighted by atomic mass is 10.2. The first-order valence-electron chi connectivity index (χ1n) is 9.00. The van der Waals surface area contributed by atoms with Gasteiger partial charge >= 0.3 is 0 Å². The summed E-state index contributed by atoms with van der Waals surface area (Å²) in [7, 11) is 0. The highest BCUT2D eigenvalue weighted by Gasteiger charge is 2.19. The molecule has 1 amide bonds. The van der Waals surface area contributed by atoms with Crippen LogP contribution in [0.15, 0.2) is 76.5 Å². The van der Waals surface area contributed by atoms with Crippen LogP contribution < -0.4 is 5.32 Å². The zero-order valence-electron chi connectivity index (χ0n) is 15.6. The molecule has 9 heteroatoms. The van der Waals surface area contributed by atoms with Crippen LogP contribution in [0.1, 0.15) is 21.9 Å². The number of halogens is 2. The zero-order valence-corrected chi connectivity index (χ0v) is 17.9. The van der Waals surface area contributed by atoms with E-state index < -0.39 is 0 Å². The van der Waals surface area contributed by atoms with E-state index in [0.717, 1.165) is 5.56 Å². The summed E-state index contributed by atoms with van der Waals surface area (Å²) >= 11 is 14.2. The van der Waals surface area contributed by atoms with Crippen molar-refractivity contribution in [1.29, 1.82) is 0 Å². The van der Waals surface area contributed by atoms with Crippen LogP contribution in [0.2, 0.25) is 10.0 Å². The molecule has 0 saturated carbocycles. The van der Waals surface area contributed by atoms with Gasteiger partial charge in [0.2, 0.25) is 0 Å². The number of hydrogen-bond acceptors (Lipinski definition) is 5. The molecule has 30 heavy (non-hydrogen) atoms. The molecule has 2 aromatic carbocycles. The van der Waals surface area contributed by atoms with E-state index in [4.69, 9.17) is 27.6 Å². The van der Waals surface area contributed by atoms with Crippen LogP contribution in [0.3, 0.4) is 0 Å². The molecular formula is C21H16Cl2N4O2S. The number of amides is 1. The molecule has 0 saturated heterocycles. The van der Waals surface area contributed by atoms with E-state index in [1.165, 1.54) is 18.0 Å². The average Bonchev–Trinajstić information content (AvgIpc) is 3.43. The maximum absolute atomic E-state index is 12.3. The van der Waals surface area contributed by atoms with Gasteiger partial charge in [0.15, 0.2) is 16.7 Å². The van der Waals surface area contributed by atoms with Crippen LogP contribution >= 0.6 is 35.0 Å². The van der Waals surface area contributed by atoms with Crippen molar-refractivity contribution < 1.29 is 9.21 Å². The maximum atomic E-state index is 12.3. The van der Waals surface area contributed by atoms with Gasteiger partial charge in [-0.15, -0.1) is 10.2 Å². The van der Waals surface area contributed by atoms with Crippen molar-refractivity contribution in [3.8, 4) is 5.69 Å². The van der Waals surface area contributed by atoms with Gasteiger partial charge in [-0.3, -0.25) is 9.36 Å². The van der Waals surface area contributed by atoms with Crippen molar-refractivity contribution in [1.82, 2.24) is 20.1 Å². The van der Waals surface area contributed by atoms with Gasteiger partial charge in [0.05, 0.1) is 23.5 Å². The summed E-state index contributed by atoms with van der Waals surface area (Å²) in [6.45, 7) is 0.140. The minimum absolute atomic E-state index is 0.140. The van der Waals surface area contributed by atoms with Gasteiger partial charge in [-0.2, -0.15) is 0 Å². The number of hydrogen-bond donors (Lipinski definition) is 1. The Bertz CT molecular complexity index is 1150. The lowest BCUT2D eigenvalue weighted by Gasteiger charge is -2.13. The van der Waals surface area contributed by atoms with Gasteiger partial charge < -0.3 is 9.73 Å². The first kappa shape index (κ1) is 20.5. The number of nitrogens with one attached hydrogen (secondary N) is 1. The van der Waals surface area contributed by atoms with Crippen molar-refractivity contribution in [2.24, 2.45) is 0 Å². The van der Waals surface area contributed by atoms with Crippen molar-refractivity contribution in [3.63, 3.8) is 0 Å². The standard InChI is InChI=1S/C21H16Cl2N4O2S/c22-15-8-9-16(23)17(11-15)27-19(12-24-20(28)18-7-4-10-29-18)25-26-21(27)30-13-14-5-2-1-3-6-14/h1-11H,12-13H2,(H,24,28). The quantitative estimate of drug-likeness (QED) is 0.375. The van der Waals surface area contributed by atoms with E-state index in [2.05, 4.69) is 15.5 Å². The average molecular weight is 459 g/mol. The number of aromatic nitrogens is 3. The molecule has 0 aliphatic heterocycles. The summed E-state index contributed by atoms with van der Waals surface area (Å²) in [4.78, 5) is 12.3. The van der Waals surface area contributed by atoms with Gasteiger partial charge in [0, 0.05) is 10.8 Å². The van der Waals surface area contributed by atoms with E-state index >= 15 is 0 Å². The number of benzene rings is 2. The van der Waals surface area contributed by atoms with Crippen LogP contribution in [0, 0.1) is 0 Å². The first-order valence-corrected chi connectivity index (χ1v) is 10.7. The van der Waals surface area contributed by atoms with E-state index in [1.807, 2.05) is 34.9 Å². The Morgan fingerprint density at radius 3 is 2.67 bits per heavy atom. The number of furan rings is 1. The number of thioether (sulfide) groups is 1. The topological polar surface area (TPSA) is 73.0 Å². The summed E-state index contributed by atoms with van der Waals surface area (Å²) in [5.41, 5.74) is 1.80. The van der Waals surface area contributed by atoms with Crippen LogP contribution in [-0.2, 0) is 12.3 Å². The summed E-state index contributed by atoms with van der Waals surface area (Å²) < 4.78 is 6.94. The number of carbonyl (C=O) groups excluding carboxylic acids is 1. The highest BCUT2D eigenvalue weighted by atomic mass is 35.5. The first-order chi connectivity index (χ1) is 14.6. The Morgan fingerprint density at radius 1 is 1.07 bits per heavy atom. The third-order valence-electron chi connectivity index (χ3n) is 4.21. The van der Waals surface area contributed by atoms with Gasteiger partial charge in [0.25, 0.3) is 5.91 Å². The minimum atomic E-state index is -0.342. The van der Waals surface area contributed by atoms with Gasteiger partial charge in [-0.05, 0) is 35.9 Å². The fourth-order valence-corrected chi connectivity index (χ4v) is 4.07. The normalized spacial score (nSPS) is 10.9. The largest absolute Gasteiger partial charge is 0.459 e. The second-order valence-electron chi connectivity index (χ2n) is 6.26. The van der Waals surface area contributed by atoms with Gasteiger partial charge in [-0.25, -0.2) is 0 Å². The van der Waals surface area contributed by atoms with E-state index in [9.17, 15) is 4.79 Å². The van der Waals surface area contributed by atoms with Crippen LogP contribution in [0.5, 0.6) is 0 Å². The molecule has 0 bridgehead atoms. The van der Waals surface area contributed by atoms with Crippen LogP contribution in [-0.4, -0.2) is 20.7 Å². The SMILES string of the molecule is O=C(NCc1nnc(SCc2ccccc2)n1-c1cc(Cl)ccc1Cl)c1ccco1. The molecule has 0 spiro atoms. The van der Waals surface area contributed by atoms with Crippen molar-refractivity contribution in [2.45, 2.75) is 17.5 Å². The molecule has 0 aliphatic carbocycles. The highest BCUT2D eigenvalue weighted by Crippen LogP contribution is 2.30. The Balaban J connectivity index is 1.63. The van der Waals surface area contributed by atoms with Gasteiger partial charge in [-0.1, -0.05) is 65.3 Å². The molecule has 4 rings (SSSR count). The van der Waals surface area contributed by atoms with E-state index in [0.29, 0.717) is 32.5 Å². The molecule has 6 nitrogen and oxygen atoms in total. The van der Waals surface area contributed by atoms with Gasteiger partial charge in [0.1, 0.15) is 0 Å². The Hall–Kier alpha value is -2.74. The second-order valence-corrected chi connectivity index (χ2v) is 8.05. The Morgan fingerprint density at radius 2 is 1.90 bits per heavy atom. The molecule has 2 aromatic heterocycles. The molecule has 0 aliphatic rings. The molecule has 4 aromatic rings. The monoisotopic (exact) mass is 458 g/mol. The second kappa shape index (κ2) is 9.38. The molecule has 0 atom stereocenters. The Kier molecular flexibility index (Phi) is 6.42. The predicted molar refractivity (Wildman–Crippen MR) is 117 cm³/mol.